The summed E-state index contributed by atoms with van der Waals surface area (Å²) in [5, 5.41) is 12.7. The maximum Gasteiger partial charge on any atom is 0.277 e. The summed E-state index contributed by atoms with van der Waals surface area (Å²) in [6.07, 6.45) is 0.565. The molecular formula is C20H18N4O3S. The number of hydrogen-bond acceptors (Lipinski definition) is 8. The Hall–Kier alpha value is -3.13. The fraction of sp³-hybridized carbons (Fsp3) is 0.200. The molecule has 28 heavy (non-hydrogen) atoms. The van der Waals surface area contributed by atoms with Gasteiger partial charge in [-0.05, 0) is 30.2 Å². The SMILES string of the molecule is COc1ccc(Cc2nnc(SCc3nc(-c4ccccc4C)no3)o2)cc1. The molecule has 0 saturated carbocycles. The van der Waals surface area contributed by atoms with Crippen molar-refractivity contribution in [1.29, 1.82) is 0 Å². The summed E-state index contributed by atoms with van der Waals surface area (Å²) in [5.74, 6) is 2.93. The van der Waals surface area contributed by atoms with E-state index in [4.69, 9.17) is 13.7 Å². The first-order chi connectivity index (χ1) is 13.7. The lowest BCUT2D eigenvalue weighted by Crippen LogP contribution is -1.89. The van der Waals surface area contributed by atoms with Crippen molar-refractivity contribution < 1.29 is 13.7 Å². The molecule has 0 unspecified atom stereocenters. The van der Waals surface area contributed by atoms with Gasteiger partial charge in [-0.3, -0.25) is 0 Å². The van der Waals surface area contributed by atoms with Gasteiger partial charge in [-0.25, -0.2) is 0 Å². The molecular weight excluding hydrogens is 376 g/mol. The van der Waals surface area contributed by atoms with E-state index in [-0.39, 0.29) is 0 Å². The summed E-state index contributed by atoms with van der Waals surface area (Å²) in [6.45, 7) is 2.02. The predicted octanol–water partition coefficient (Wildman–Crippen LogP) is 4.32. The summed E-state index contributed by atoms with van der Waals surface area (Å²) in [4.78, 5) is 4.45. The molecule has 0 aliphatic rings. The minimum atomic E-state index is 0.461. The van der Waals surface area contributed by atoms with Crippen molar-refractivity contribution in [2.45, 2.75) is 24.3 Å². The van der Waals surface area contributed by atoms with Crippen molar-refractivity contribution in [1.82, 2.24) is 20.3 Å². The second-order valence-corrected chi connectivity index (χ2v) is 7.03. The zero-order valence-electron chi connectivity index (χ0n) is 15.5. The van der Waals surface area contributed by atoms with Gasteiger partial charge in [0.1, 0.15) is 5.75 Å². The lowest BCUT2D eigenvalue weighted by atomic mass is 10.1. The van der Waals surface area contributed by atoms with E-state index in [0.29, 0.717) is 35.0 Å². The van der Waals surface area contributed by atoms with Crippen molar-refractivity contribution >= 4 is 11.8 Å². The standard InChI is InChI=1S/C20H18N4O3S/c1-13-5-3-4-6-16(13)19-21-18(27-24-19)12-28-20-23-22-17(26-20)11-14-7-9-15(25-2)10-8-14/h3-10H,11-12H2,1-2H3. The van der Waals surface area contributed by atoms with Crippen LogP contribution in [0.25, 0.3) is 11.4 Å². The van der Waals surface area contributed by atoms with E-state index in [2.05, 4.69) is 20.3 Å². The van der Waals surface area contributed by atoms with E-state index in [0.717, 1.165) is 22.4 Å². The highest BCUT2D eigenvalue weighted by Crippen LogP contribution is 2.25. The second kappa shape index (κ2) is 8.26. The average molecular weight is 394 g/mol. The predicted molar refractivity (Wildman–Crippen MR) is 104 cm³/mol. The molecule has 8 heteroatoms. The molecule has 142 valence electrons. The van der Waals surface area contributed by atoms with Gasteiger partial charge in [0.25, 0.3) is 5.22 Å². The smallest absolute Gasteiger partial charge is 0.277 e. The maximum atomic E-state index is 5.70. The third kappa shape index (κ3) is 4.23. The van der Waals surface area contributed by atoms with Crippen LogP contribution in [0.1, 0.15) is 22.9 Å². The number of benzene rings is 2. The molecule has 0 amide bonds. The molecule has 7 nitrogen and oxygen atoms in total. The first-order valence-corrected chi connectivity index (χ1v) is 9.66. The van der Waals surface area contributed by atoms with Gasteiger partial charge >= 0.3 is 0 Å². The summed E-state index contributed by atoms with van der Waals surface area (Å²) >= 11 is 1.37. The molecule has 0 N–H and O–H groups in total. The summed E-state index contributed by atoms with van der Waals surface area (Å²) < 4.78 is 16.2. The Morgan fingerprint density at radius 1 is 1.00 bits per heavy atom. The zero-order chi connectivity index (χ0) is 19.3. The van der Waals surface area contributed by atoms with Gasteiger partial charge in [0.15, 0.2) is 0 Å². The number of aryl methyl sites for hydroxylation is 1. The third-order valence-electron chi connectivity index (χ3n) is 4.14. The van der Waals surface area contributed by atoms with Crippen LogP contribution >= 0.6 is 11.8 Å². The van der Waals surface area contributed by atoms with Gasteiger partial charge in [0, 0.05) is 5.56 Å². The largest absolute Gasteiger partial charge is 0.497 e. The Labute approximate surface area is 166 Å². The molecule has 0 aliphatic carbocycles. The van der Waals surface area contributed by atoms with E-state index < -0.39 is 0 Å². The highest BCUT2D eigenvalue weighted by Gasteiger charge is 2.13. The Kier molecular flexibility index (Phi) is 5.38. The molecule has 4 rings (SSSR count). The maximum absolute atomic E-state index is 5.70. The topological polar surface area (TPSA) is 87.1 Å². The quantitative estimate of drug-likeness (QED) is 0.428. The van der Waals surface area contributed by atoms with Crippen LogP contribution in [0.5, 0.6) is 5.75 Å². The third-order valence-corrected chi connectivity index (χ3v) is 4.94. The Bertz CT molecular complexity index is 1060. The molecule has 0 fully saturated rings. The Morgan fingerprint density at radius 3 is 2.61 bits per heavy atom. The monoisotopic (exact) mass is 394 g/mol. The molecule has 0 atom stereocenters. The van der Waals surface area contributed by atoms with Crippen LogP contribution in [0.15, 0.2) is 62.7 Å². The van der Waals surface area contributed by atoms with Crippen LogP contribution in [-0.2, 0) is 12.2 Å². The number of rotatable bonds is 7. The molecule has 2 heterocycles. The molecule has 2 aromatic carbocycles. The van der Waals surface area contributed by atoms with Crippen molar-refractivity contribution in [3.63, 3.8) is 0 Å². The number of ether oxygens (including phenoxy) is 1. The lowest BCUT2D eigenvalue weighted by Gasteiger charge is -2.00. The van der Waals surface area contributed by atoms with E-state index in [9.17, 15) is 0 Å². The Morgan fingerprint density at radius 2 is 1.82 bits per heavy atom. The van der Waals surface area contributed by atoms with E-state index >= 15 is 0 Å². The van der Waals surface area contributed by atoms with Gasteiger partial charge in [-0.1, -0.05) is 53.3 Å². The van der Waals surface area contributed by atoms with Crippen molar-refractivity contribution in [2.24, 2.45) is 0 Å². The summed E-state index contributed by atoms with van der Waals surface area (Å²) in [6, 6.07) is 15.7. The first-order valence-electron chi connectivity index (χ1n) is 8.68. The van der Waals surface area contributed by atoms with Crippen LogP contribution in [0, 0.1) is 6.92 Å². The number of nitrogens with zero attached hydrogens (tertiary/aromatic N) is 4. The van der Waals surface area contributed by atoms with E-state index in [1.807, 2.05) is 55.5 Å². The second-order valence-electron chi connectivity index (χ2n) is 6.10. The van der Waals surface area contributed by atoms with Gasteiger partial charge < -0.3 is 13.7 Å². The first kappa shape index (κ1) is 18.2. The zero-order valence-corrected chi connectivity index (χ0v) is 16.3. The molecule has 2 aromatic heterocycles. The molecule has 0 aliphatic heterocycles. The number of aromatic nitrogens is 4. The Balaban J connectivity index is 1.36. The van der Waals surface area contributed by atoms with Crippen LogP contribution < -0.4 is 4.74 Å². The van der Waals surface area contributed by atoms with E-state index in [1.165, 1.54) is 11.8 Å². The van der Waals surface area contributed by atoms with Gasteiger partial charge in [-0.15, -0.1) is 10.2 Å². The fourth-order valence-electron chi connectivity index (χ4n) is 2.66. The molecule has 0 saturated heterocycles. The van der Waals surface area contributed by atoms with Crippen LogP contribution in [0.4, 0.5) is 0 Å². The average Bonchev–Trinajstić information content (AvgIpc) is 3.37. The minimum absolute atomic E-state index is 0.461. The van der Waals surface area contributed by atoms with Gasteiger partial charge in [-0.2, -0.15) is 4.98 Å². The minimum Gasteiger partial charge on any atom is -0.497 e. The van der Waals surface area contributed by atoms with Gasteiger partial charge in [0.05, 0.1) is 19.3 Å². The number of methoxy groups -OCH3 is 1. The molecule has 0 bridgehead atoms. The van der Waals surface area contributed by atoms with Crippen molar-refractivity contribution in [2.75, 3.05) is 7.11 Å². The normalized spacial score (nSPS) is 10.9. The van der Waals surface area contributed by atoms with Crippen molar-refractivity contribution in [3.05, 3.63) is 71.4 Å². The number of thioether (sulfide) groups is 1. The number of hydrogen-bond donors (Lipinski definition) is 0. The van der Waals surface area contributed by atoms with E-state index in [1.54, 1.807) is 7.11 Å². The van der Waals surface area contributed by atoms with Crippen LogP contribution in [0.3, 0.4) is 0 Å². The van der Waals surface area contributed by atoms with Crippen molar-refractivity contribution in [3.8, 4) is 17.1 Å². The summed E-state index contributed by atoms with van der Waals surface area (Å²) in [7, 11) is 1.64. The molecule has 0 spiro atoms. The highest BCUT2D eigenvalue weighted by atomic mass is 32.2. The lowest BCUT2D eigenvalue weighted by molar-refractivity contribution is 0.389. The van der Waals surface area contributed by atoms with Crippen LogP contribution in [-0.4, -0.2) is 27.4 Å². The molecule has 0 radical (unpaired) electrons. The van der Waals surface area contributed by atoms with Gasteiger partial charge in [0.2, 0.25) is 17.6 Å². The molecule has 4 aromatic rings. The summed E-state index contributed by atoms with van der Waals surface area (Å²) in [5.41, 5.74) is 3.13. The fourth-order valence-corrected chi connectivity index (χ4v) is 3.27. The highest BCUT2D eigenvalue weighted by molar-refractivity contribution is 7.98. The van der Waals surface area contributed by atoms with Crippen LogP contribution in [0.2, 0.25) is 0 Å².